The van der Waals surface area contributed by atoms with Crippen molar-refractivity contribution >= 4 is 22.8 Å². The predicted octanol–water partition coefficient (Wildman–Crippen LogP) is 5.50. The number of fused-ring (bicyclic) bond motifs is 1. The first-order chi connectivity index (χ1) is 18.1. The first-order valence-electron chi connectivity index (χ1n) is 12.4. The topological polar surface area (TPSA) is 54.3 Å². The third-order valence-corrected chi connectivity index (χ3v) is 6.99. The normalized spacial score (nSPS) is 13.8. The minimum absolute atomic E-state index is 0.0676. The van der Waals surface area contributed by atoms with Crippen LogP contribution in [0, 0.1) is 12.7 Å². The summed E-state index contributed by atoms with van der Waals surface area (Å²) in [5, 5.41) is 0.941. The van der Waals surface area contributed by atoms with Crippen LogP contribution < -0.4 is 4.90 Å². The largest absolute Gasteiger partial charge is 0.352 e. The summed E-state index contributed by atoms with van der Waals surface area (Å²) in [6.45, 7) is 4.52. The number of carbonyl (C=O) groups is 1. The number of carbonyl (C=O) groups excluding carboxylic acids is 1. The summed E-state index contributed by atoms with van der Waals surface area (Å²) in [7, 11) is 0. The van der Waals surface area contributed by atoms with E-state index >= 15 is 0 Å². The van der Waals surface area contributed by atoms with E-state index in [1.54, 1.807) is 18.5 Å². The highest BCUT2D eigenvalue weighted by atomic mass is 19.1. The number of rotatable bonds is 4. The first-order valence-corrected chi connectivity index (χ1v) is 12.4. The van der Waals surface area contributed by atoms with Gasteiger partial charge in [-0.05, 0) is 48.4 Å². The van der Waals surface area contributed by atoms with Gasteiger partial charge in [-0.3, -0.25) is 4.79 Å². The molecule has 0 spiro atoms. The lowest BCUT2D eigenvalue weighted by Crippen LogP contribution is -2.49. The van der Waals surface area contributed by atoms with Crippen molar-refractivity contribution in [2.24, 2.45) is 0 Å². The van der Waals surface area contributed by atoms with E-state index in [1.165, 1.54) is 12.1 Å². The highest BCUT2D eigenvalue weighted by molar-refractivity contribution is 6.02. The van der Waals surface area contributed by atoms with Crippen molar-refractivity contribution < 1.29 is 9.18 Å². The zero-order valence-corrected chi connectivity index (χ0v) is 20.5. The Hall–Kier alpha value is -4.52. The van der Waals surface area contributed by atoms with Crippen molar-refractivity contribution in [1.82, 2.24) is 19.4 Å². The smallest absolute Gasteiger partial charge is 0.254 e. The molecule has 1 aliphatic heterocycles. The molecule has 184 valence electrons. The van der Waals surface area contributed by atoms with Gasteiger partial charge in [-0.2, -0.15) is 0 Å². The van der Waals surface area contributed by atoms with Crippen molar-refractivity contribution in [3.8, 4) is 16.8 Å². The number of aryl methyl sites for hydroxylation is 1. The van der Waals surface area contributed by atoms with Crippen LogP contribution in [0.2, 0.25) is 0 Å². The van der Waals surface area contributed by atoms with E-state index in [-0.39, 0.29) is 11.7 Å². The van der Waals surface area contributed by atoms with Crippen molar-refractivity contribution in [2.45, 2.75) is 6.92 Å². The number of halogens is 1. The van der Waals surface area contributed by atoms with Gasteiger partial charge in [-0.1, -0.05) is 48.5 Å². The van der Waals surface area contributed by atoms with E-state index < -0.39 is 0 Å². The number of amides is 1. The Kier molecular flexibility index (Phi) is 5.88. The Morgan fingerprint density at radius 2 is 1.54 bits per heavy atom. The lowest BCUT2D eigenvalue weighted by molar-refractivity contribution is 0.0746. The molecule has 0 bridgehead atoms. The van der Waals surface area contributed by atoms with Crippen molar-refractivity contribution in [2.75, 3.05) is 31.1 Å². The van der Waals surface area contributed by atoms with Crippen LogP contribution in [0.25, 0.3) is 27.8 Å². The second-order valence-electron chi connectivity index (χ2n) is 9.25. The number of aromatic nitrogens is 3. The third kappa shape index (κ3) is 4.22. The van der Waals surface area contributed by atoms with Crippen molar-refractivity contribution in [3.05, 3.63) is 108 Å². The fraction of sp³-hybridized carbons (Fsp3) is 0.167. The van der Waals surface area contributed by atoms with Crippen LogP contribution in [0.4, 0.5) is 10.2 Å². The molecule has 7 heteroatoms. The van der Waals surface area contributed by atoms with E-state index in [4.69, 9.17) is 4.98 Å². The van der Waals surface area contributed by atoms with Gasteiger partial charge in [0.15, 0.2) is 5.65 Å². The van der Waals surface area contributed by atoms with Gasteiger partial charge < -0.3 is 14.4 Å². The van der Waals surface area contributed by atoms with Gasteiger partial charge in [0.1, 0.15) is 18.0 Å². The fourth-order valence-electron chi connectivity index (χ4n) is 5.03. The van der Waals surface area contributed by atoms with Crippen LogP contribution in [-0.4, -0.2) is 51.5 Å². The van der Waals surface area contributed by atoms with Gasteiger partial charge in [0, 0.05) is 49.2 Å². The molecule has 0 radical (unpaired) electrons. The summed E-state index contributed by atoms with van der Waals surface area (Å²) in [4.78, 5) is 26.7. The predicted molar refractivity (Wildman–Crippen MR) is 144 cm³/mol. The van der Waals surface area contributed by atoms with Gasteiger partial charge in [0.25, 0.3) is 5.91 Å². The van der Waals surface area contributed by atoms with E-state index in [2.05, 4.69) is 22.0 Å². The maximum atomic E-state index is 13.6. The summed E-state index contributed by atoms with van der Waals surface area (Å²) in [5.74, 6) is 0.627. The molecular formula is C30H26FN5O. The van der Waals surface area contributed by atoms with Gasteiger partial charge in [-0.25, -0.2) is 14.4 Å². The molecule has 37 heavy (non-hydrogen) atoms. The molecule has 0 aliphatic carbocycles. The molecular weight excluding hydrogens is 465 g/mol. The second kappa shape index (κ2) is 9.50. The minimum Gasteiger partial charge on any atom is -0.352 e. The van der Waals surface area contributed by atoms with Crippen LogP contribution in [0.1, 0.15) is 15.9 Å². The second-order valence-corrected chi connectivity index (χ2v) is 9.25. The Bertz CT molecular complexity index is 1570. The maximum Gasteiger partial charge on any atom is 0.254 e. The van der Waals surface area contributed by atoms with Gasteiger partial charge in [0.2, 0.25) is 0 Å². The molecule has 1 aliphatic rings. The Morgan fingerprint density at radius 3 is 2.27 bits per heavy atom. The van der Waals surface area contributed by atoms with Crippen LogP contribution in [0.5, 0.6) is 0 Å². The summed E-state index contributed by atoms with van der Waals surface area (Å²) in [6, 6.07) is 24.3. The Morgan fingerprint density at radius 1 is 0.838 bits per heavy atom. The molecule has 1 amide bonds. The van der Waals surface area contributed by atoms with Crippen LogP contribution >= 0.6 is 0 Å². The number of benzene rings is 3. The zero-order valence-electron chi connectivity index (χ0n) is 20.5. The van der Waals surface area contributed by atoms with Gasteiger partial charge >= 0.3 is 0 Å². The van der Waals surface area contributed by atoms with E-state index in [0.717, 1.165) is 44.8 Å². The summed E-state index contributed by atoms with van der Waals surface area (Å²) in [5.41, 5.74) is 5.39. The number of hydrogen-bond donors (Lipinski definition) is 0. The van der Waals surface area contributed by atoms with Gasteiger partial charge in [-0.15, -0.1) is 0 Å². The monoisotopic (exact) mass is 491 g/mol. The molecule has 1 saturated heterocycles. The minimum atomic E-state index is -0.281. The molecule has 2 aromatic heterocycles. The highest BCUT2D eigenvalue weighted by Gasteiger charge is 2.27. The average molecular weight is 492 g/mol. The van der Waals surface area contributed by atoms with E-state index in [1.807, 2.05) is 65.1 Å². The van der Waals surface area contributed by atoms with E-state index in [9.17, 15) is 9.18 Å². The molecule has 0 N–H and O–H groups in total. The molecule has 0 atom stereocenters. The standard InChI is InChI=1S/C30H26FN5O/c1-21-7-5-6-10-25(21)30(37)35-17-15-34(16-18-35)28-27-26(22-8-3-2-4-9-22)19-36(29(27)33-20-32-28)24-13-11-23(31)12-14-24/h2-14,19-20H,15-18H2,1H3. The van der Waals surface area contributed by atoms with Crippen molar-refractivity contribution in [1.29, 1.82) is 0 Å². The van der Waals surface area contributed by atoms with Crippen molar-refractivity contribution in [3.63, 3.8) is 0 Å². The quantitative estimate of drug-likeness (QED) is 0.333. The Labute approximate surface area is 214 Å². The molecule has 6 rings (SSSR count). The van der Waals surface area contributed by atoms with E-state index in [0.29, 0.717) is 26.2 Å². The molecule has 0 saturated carbocycles. The molecule has 6 nitrogen and oxygen atoms in total. The number of hydrogen-bond acceptors (Lipinski definition) is 4. The zero-order chi connectivity index (χ0) is 25.4. The maximum absolute atomic E-state index is 13.6. The van der Waals surface area contributed by atoms with Crippen LogP contribution in [0.3, 0.4) is 0 Å². The number of anilines is 1. The molecule has 3 heterocycles. The number of piperazine rings is 1. The van der Waals surface area contributed by atoms with Crippen LogP contribution in [-0.2, 0) is 0 Å². The summed E-state index contributed by atoms with van der Waals surface area (Å²) >= 11 is 0. The molecule has 0 unspecified atom stereocenters. The molecule has 1 fully saturated rings. The van der Waals surface area contributed by atoms with Crippen LogP contribution in [0.15, 0.2) is 91.4 Å². The lowest BCUT2D eigenvalue weighted by atomic mass is 10.1. The third-order valence-electron chi connectivity index (χ3n) is 6.99. The first kappa shape index (κ1) is 22.9. The Balaban J connectivity index is 1.38. The number of nitrogens with zero attached hydrogens (tertiary/aromatic N) is 5. The highest BCUT2D eigenvalue weighted by Crippen LogP contribution is 2.37. The molecule has 3 aromatic carbocycles. The average Bonchev–Trinajstić information content (AvgIpc) is 3.34. The van der Waals surface area contributed by atoms with Gasteiger partial charge in [0.05, 0.1) is 5.39 Å². The lowest BCUT2D eigenvalue weighted by Gasteiger charge is -2.36. The summed E-state index contributed by atoms with van der Waals surface area (Å²) < 4.78 is 15.6. The molecule has 5 aromatic rings. The summed E-state index contributed by atoms with van der Waals surface area (Å²) in [6.07, 6.45) is 3.63. The fourth-order valence-corrected chi connectivity index (χ4v) is 5.03. The SMILES string of the molecule is Cc1ccccc1C(=O)N1CCN(c2ncnc3c2c(-c2ccccc2)cn3-c2ccc(F)cc2)CC1.